The maximum Gasteiger partial charge on any atom is 0.416 e. The molecule has 2 rings (SSSR count). The van der Waals surface area contributed by atoms with Crippen molar-refractivity contribution in [2.75, 3.05) is 13.2 Å². The first-order chi connectivity index (χ1) is 14.2. The summed E-state index contributed by atoms with van der Waals surface area (Å²) in [7, 11) is 0. The van der Waals surface area contributed by atoms with E-state index in [2.05, 4.69) is 15.6 Å². The monoisotopic (exact) mass is 554 g/mol. The summed E-state index contributed by atoms with van der Waals surface area (Å²) in [4.78, 5) is 15.1. The largest absolute Gasteiger partial charge is 0.484 e. The Morgan fingerprint density at radius 1 is 1.16 bits per heavy atom. The average molecular weight is 554 g/mol. The maximum absolute atomic E-state index is 13.2. The van der Waals surface area contributed by atoms with E-state index in [0.717, 1.165) is 17.7 Å². The number of hydrogen-bond donors (Lipinski definition) is 3. The summed E-state index contributed by atoms with van der Waals surface area (Å²) < 4.78 is 57.9. The molecule has 6 nitrogen and oxygen atoms in total. The minimum Gasteiger partial charge on any atom is -0.484 e. The molecule has 0 saturated heterocycles. The number of nitrogens with zero attached hydrogens (tertiary/aromatic N) is 1. The molecule has 0 radical (unpaired) electrons. The van der Waals surface area contributed by atoms with Crippen LogP contribution in [0.1, 0.15) is 23.6 Å². The summed E-state index contributed by atoms with van der Waals surface area (Å²) in [5.41, 5.74) is 4.66. The molecule has 0 fully saturated rings. The van der Waals surface area contributed by atoms with E-state index in [9.17, 15) is 22.4 Å². The molecule has 1 amide bonds. The fourth-order valence-electron chi connectivity index (χ4n) is 2.55. The summed E-state index contributed by atoms with van der Waals surface area (Å²) in [6.45, 7) is 2.06. The summed E-state index contributed by atoms with van der Waals surface area (Å²) >= 11 is 0. The van der Waals surface area contributed by atoms with Gasteiger partial charge in [-0.2, -0.15) is 13.2 Å². The number of benzene rings is 2. The Labute approximate surface area is 194 Å². The molecule has 0 heterocycles. The SMILES string of the molecule is CCNC(=NCc1cccc(OCC(N)=O)c1)NCc1ccc(F)cc1C(F)(F)F.I. The molecule has 0 aliphatic carbocycles. The third kappa shape index (κ3) is 8.99. The van der Waals surface area contributed by atoms with E-state index in [1.807, 2.05) is 6.92 Å². The number of ether oxygens (including phenoxy) is 1. The molecule has 0 aliphatic heterocycles. The summed E-state index contributed by atoms with van der Waals surface area (Å²) in [6, 6.07) is 9.38. The fourth-order valence-corrected chi connectivity index (χ4v) is 2.55. The van der Waals surface area contributed by atoms with Crippen LogP contribution in [0.15, 0.2) is 47.5 Å². The minimum atomic E-state index is -4.67. The van der Waals surface area contributed by atoms with Crippen molar-refractivity contribution >= 4 is 35.8 Å². The quantitative estimate of drug-likeness (QED) is 0.202. The Morgan fingerprint density at radius 3 is 2.55 bits per heavy atom. The van der Waals surface area contributed by atoms with Gasteiger partial charge in [0.2, 0.25) is 0 Å². The van der Waals surface area contributed by atoms with Gasteiger partial charge in [-0.1, -0.05) is 18.2 Å². The fraction of sp³-hybridized carbons (Fsp3) is 0.300. The lowest BCUT2D eigenvalue weighted by molar-refractivity contribution is -0.138. The van der Waals surface area contributed by atoms with Gasteiger partial charge in [-0.25, -0.2) is 9.38 Å². The van der Waals surface area contributed by atoms with Gasteiger partial charge in [0.1, 0.15) is 11.6 Å². The van der Waals surface area contributed by atoms with Crippen molar-refractivity contribution in [1.29, 1.82) is 0 Å². The zero-order valence-electron chi connectivity index (χ0n) is 16.6. The molecule has 0 spiro atoms. The first-order valence-corrected chi connectivity index (χ1v) is 9.07. The third-order valence-electron chi connectivity index (χ3n) is 3.87. The number of primary amides is 1. The molecule has 0 atom stereocenters. The van der Waals surface area contributed by atoms with E-state index >= 15 is 0 Å². The number of halogens is 5. The number of rotatable bonds is 8. The molecule has 170 valence electrons. The Balaban J connectivity index is 0.00000480. The van der Waals surface area contributed by atoms with Crippen molar-refractivity contribution in [3.05, 3.63) is 65.0 Å². The number of amides is 1. The van der Waals surface area contributed by atoms with Crippen molar-refractivity contribution in [2.24, 2.45) is 10.7 Å². The standard InChI is InChI=1S/C20H22F4N4O2.HI/c1-2-26-19(27-10-13-4-3-5-16(8-13)30-12-18(25)29)28-11-14-6-7-15(21)9-17(14)20(22,23)24;/h3-9H,2,10-12H2,1H3,(H2,25,29)(H2,26,27,28);1H. The predicted molar refractivity (Wildman–Crippen MR) is 120 cm³/mol. The van der Waals surface area contributed by atoms with Gasteiger partial charge >= 0.3 is 6.18 Å². The Bertz CT molecular complexity index is 907. The van der Waals surface area contributed by atoms with Gasteiger partial charge in [-0.15, -0.1) is 24.0 Å². The molecular weight excluding hydrogens is 531 g/mol. The first kappa shape index (κ1) is 26.5. The zero-order chi connectivity index (χ0) is 22.1. The highest BCUT2D eigenvalue weighted by Gasteiger charge is 2.33. The van der Waals surface area contributed by atoms with Crippen LogP contribution in [0.5, 0.6) is 5.75 Å². The lowest BCUT2D eigenvalue weighted by Gasteiger charge is -2.16. The molecule has 11 heteroatoms. The van der Waals surface area contributed by atoms with Gasteiger partial charge in [-0.05, 0) is 42.3 Å². The summed E-state index contributed by atoms with van der Waals surface area (Å²) in [5.74, 6) is -0.819. The molecule has 0 bridgehead atoms. The normalized spacial score (nSPS) is 11.5. The molecule has 0 saturated carbocycles. The Morgan fingerprint density at radius 2 is 1.90 bits per heavy atom. The van der Waals surface area contributed by atoms with Crippen molar-refractivity contribution in [3.63, 3.8) is 0 Å². The lowest BCUT2D eigenvalue weighted by Crippen LogP contribution is -2.37. The van der Waals surface area contributed by atoms with Crippen molar-refractivity contribution in [1.82, 2.24) is 10.6 Å². The topological polar surface area (TPSA) is 88.7 Å². The van der Waals surface area contributed by atoms with Crippen LogP contribution in [0.3, 0.4) is 0 Å². The second kappa shape index (κ2) is 12.3. The van der Waals surface area contributed by atoms with Crippen LogP contribution in [0.2, 0.25) is 0 Å². The average Bonchev–Trinajstić information content (AvgIpc) is 2.69. The van der Waals surface area contributed by atoms with Crippen LogP contribution in [0.25, 0.3) is 0 Å². The van der Waals surface area contributed by atoms with Crippen LogP contribution in [-0.2, 0) is 24.1 Å². The van der Waals surface area contributed by atoms with Crippen LogP contribution in [-0.4, -0.2) is 25.0 Å². The molecule has 0 unspecified atom stereocenters. The van der Waals surface area contributed by atoms with Gasteiger partial charge in [0.25, 0.3) is 5.91 Å². The van der Waals surface area contributed by atoms with Crippen LogP contribution in [0, 0.1) is 5.82 Å². The summed E-state index contributed by atoms with van der Waals surface area (Å²) in [5, 5.41) is 5.76. The molecule has 2 aromatic carbocycles. The number of guanidine groups is 1. The van der Waals surface area contributed by atoms with E-state index in [1.165, 1.54) is 0 Å². The Hall–Kier alpha value is -2.57. The van der Waals surface area contributed by atoms with Gasteiger partial charge in [0, 0.05) is 13.1 Å². The maximum atomic E-state index is 13.2. The van der Waals surface area contributed by atoms with E-state index in [0.29, 0.717) is 24.3 Å². The minimum absolute atomic E-state index is 0. The molecular formula is C20H23F4IN4O2. The van der Waals surface area contributed by atoms with E-state index in [1.54, 1.807) is 24.3 Å². The molecule has 4 N–H and O–H groups in total. The second-order valence-corrected chi connectivity index (χ2v) is 6.25. The second-order valence-electron chi connectivity index (χ2n) is 6.25. The van der Waals surface area contributed by atoms with Crippen molar-refractivity contribution in [2.45, 2.75) is 26.2 Å². The molecule has 31 heavy (non-hydrogen) atoms. The Kier molecular flexibility index (Phi) is 10.5. The van der Waals surface area contributed by atoms with Gasteiger partial charge in [-0.3, -0.25) is 4.79 Å². The number of hydrogen-bond acceptors (Lipinski definition) is 3. The molecule has 0 aromatic heterocycles. The van der Waals surface area contributed by atoms with Gasteiger partial charge < -0.3 is 21.1 Å². The van der Waals surface area contributed by atoms with Crippen LogP contribution >= 0.6 is 24.0 Å². The van der Waals surface area contributed by atoms with Gasteiger partial charge in [0.05, 0.1) is 12.1 Å². The molecule has 2 aromatic rings. The first-order valence-electron chi connectivity index (χ1n) is 9.07. The lowest BCUT2D eigenvalue weighted by atomic mass is 10.1. The van der Waals surface area contributed by atoms with E-state index < -0.39 is 23.5 Å². The highest BCUT2D eigenvalue weighted by atomic mass is 127. The predicted octanol–water partition coefficient (Wildman–Crippen LogP) is 3.58. The van der Waals surface area contributed by atoms with Gasteiger partial charge in [0.15, 0.2) is 12.6 Å². The van der Waals surface area contributed by atoms with E-state index in [-0.39, 0.29) is 49.2 Å². The number of carbonyl (C=O) groups excluding carboxylic acids is 1. The van der Waals surface area contributed by atoms with Crippen LogP contribution < -0.4 is 21.1 Å². The van der Waals surface area contributed by atoms with Crippen LogP contribution in [0.4, 0.5) is 17.6 Å². The number of carbonyl (C=O) groups is 1. The molecule has 0 aliphatic rings. The number of nitrogens with one attached hydrogen (secondary N) is 2. The highest BCUT2D eigenvalue weighted by Crippen LogP contribution is 2.32. The third-order valence-corrected chi connectivity index (χ3v) is 3.87. The number of nitrogens with two attached hydrogens (primary N) is 1. The highest BCUT2D eigenvalue weighted by molar-refractivity contribution is 14.0. The summed E-state index contributed by atoms with van der Waals surface area (Å²) in [6.07, 6.45) is -4.67. The smallest absolute Gasteiger partial charge is 0.416 e. The van der Waals surface area contributed by atoms with E-state index in [4.69, 9.17) is 10.5 Å². The number of aliphatic imine (C=N–C) groups is 1. The number of alkyl halides is 3. The van der Waals surface area contributed by atoms with Crippen molar-refractivity contribution < 1.29 is 27.1 Å². The zero-order valence-corrected chi connectivity index (χ0v) is 19.0. The van der Waals surface area contributed by atoms with Crippen molar-refractivity contribution in [3.8, 4) is 5.75 Å².